The van der Waals surface area contributed by atoms with Crippen molar-refractivity contribution in [2.45, 2.75) is 3.92 Å². The zero-order valence-corrected chi connectivity index (χ0v) is 11.9. The number of halogens is 2. The molecule has 0 saturated heterocycles. The van der Waals surface area contributed by atoms with Crippen molar-refractivity contribution >= 4 is 56.0 Å². The number of hydrogen-bond acceptors (Lipinski definition) is 0. The first-order valence-electron chi connectivity index (χ1n) is 4.50. The molecule has 0 aromatic heterocycles. The third kappa shape index (κ3) is 2.05. The smallest absolute Gasteiger partial charge is 0.0455 e. The van der Waals surface area contributed by atoms with Crippen LogP contribution >= 0.6 is 45.2 Å². The average Bonchev–Trinajstić information content (AvgIpc) is 2.27. The van der Waals surface area contributed by atoms with Gasteiger partial charge in [-0.15, -0.1) is 0 Å². The van der Waals surface area contributed by atoms with E-state index in [4.69, 9.17) is 0 Å². The average molecular weight is 408 g/mol. The fourth-order valence-electron chi connectivity index (χ4n) is 1.61. The van der Waals surface area contributed by atoms with Crippen LogP contribution in [0.25, 0.3) is 10.8 Å². The number of benzene rings is 2. The Morgan fingerprint density at radius 3 is 2.50 bits per heavy atom. The van der Waals surface area contributed by atoms with Crippen molar-refractivity contribution in [3.63, 3.8) is 0 Å². The van der Waals surface area contributed by atoms with Crippen molar-refractivity contribution in [1.82, 2.24) is 0 Å². The van der Waals surface area contributed by atoms with Gasteiger partial charge in [0, 0.05) is 8.35 Å². The van der Waals surface area contributed by atoms with Crippen molar-refractivity contribution in [2.75, 3.05) is 4.43 Å². The van der Waals surface area contributed by atoms with Gasteiger partial charge in [0.1, 0.15) is 0 Å². The number of fused-ring (bicyclic) bond motifs is 1. The highest BCUT2D eigenvalue weighted by Crippen LogP contribution is 2.31. The van der Waals surface area contributed by atoms with Gasteiger partial charge in [0.05, 0.1) is 0 Å². The number of rotatable bonds is 2. The standard InChI is InChI=1S/C12H10I2/c13-8-12(14)11-7-3-5-9-4-1-2-6-10(9)11/h1-7,12H,8H2. The lowest BCUT2D eigenvalue weighted by atomic mass is 10.0. The van der Waals surface area contributed by atoms with Crippen molar-refractivity contribution in [1.29, 1.82) is 0 Å². The van der Waals surface area contributed by atoms with Crippen molar-refractivity contribution in [3.8, 4) is 0 Å². The van der Waals surface area contributed by atoms with E-state index in [1.807, 2.05) is 0 Å². The third-order valence-electron chi connectivity index (χ3n) is 2.30. The maximum atomic E-state index is 2.51. The molecule has 72 valence electrons. The van der Waals surface area contributed by atoms with Gasteiger partial charge in [-0.05, 0) is 16.3 Å². The molecule has 0 aliphatic rings. The lowest BCUT2D eigenvalue weighted by molar-refractivity contribution is 1.21. The zero-order chi connectivity index (χ0) is 9.97. The molecule has 0 spiro atoms. The summed E-state index contributed by atoms with van der Waals surface area (Å²) in [6.07, 6.45) is 0. The molecule has 0 amide bonds. The van der Waals surface area contributed by atoms with Crippen molar-refractivity contribution in [2.24, 2.45) is 0 Å². The molecule has 0 fully saturated rings. The molecule has 0 radical (unpaired) electrons. The molecule has 0 aliphatic carbocycles. The van der Waals surface area contributed by atoms with Gasteiger partial charge < -0.3 is 0 Å². The van der Waals surface area contributed by atoms with Crippen LogP contribution in [0.5, 0.6) is 0 Å². The summed E-state index contributed by atoms with van der Waals surface area (Å²) in [6.45, 7) is 0. The molecule has 0 nitrogen and oxygen atoms in total. The van der Waals surface area contributed by atoms with Crippen molar-refractivity contribution < 1.29 is 0 Å². The zero-order valence-electron chi connectivity index (χ0n) is 7.58. The first-order valence-corrected chi connectivity index (χ1v) is 7.27. The summed E-state index contributed by atoms with van der Waals surface area (Å²) in [5, 5.41) is 2.74. The molecule has 0 heterocycles. The minimum Gasteiger partial charge on any atom is -0.0849 e. The molecule has 2 heteroatoms. The summed E-state index contributed by atoms with van der Waals surface area (Å²) >= 11 is 4.95. The number of hydrogen-bond donors (Lipinski definition) is 0. The van der Waals surface area contributed by atoms with Gasteiger partial charge in [-0.1, -0.05) is 87.6 Å². The fraction of sp³-hybridized carbons (Fsp3) is 0.167. The van der Waals surface area contributed by atoms with Gasteiger partial charge in [-0.3, -0.25) is 0 Å². The second-order valence-electron chi connectivity index (χ2n) is 3.19. The van der Waals surface area contributed by atoms with Crippen LogP contribution in [0.1, 0.15) is 9.49 Å². The Labute approximate surface area is 111 Å². The minimum atomic E-state index is 0.610. The predicted octanol–water partition coefficient (Wildman–Crippen LogP) is 4.75. The monoisotopic (exact) mass is 408 g/mol. The summed E-state index contributed by atoms with van der Waals surface area (Å²) in [7, 11) is 0. The first kappa shape index (κ1) is 10.7. The summed E-state index contributed by atoms with van der Waals surface area (Å²) in [4.78, 5) is 0. The van der Waals surface area contributed by atoms with E-state index in [0.717, 1.165) is 4.43 Å². The quantitative estimate of drug-likeness (QED) is 0.497. The molecular weight excluding hydrogens is 398 g/mol. The summed E-state index contributed by atoms with van der Waals surface area (Å²) < 4.78 is 1.77. The van der Waals surface area contributed by atoms with Gasteiger partial charge in [-0.25, -0.2) is 0 Å². The van der Waals surface area contributed by atoms with Crippen LogP contribution in [-0.2, 0) is 0 Å². The largest absolute Gasteiger partial charge is 0.0849 e. The molecule has 14 heavy (non-hydrogen) atoms. The molecule has 0 bridgehead atoms. The maximum absolute atomic E-state index is 2.51. The van der Waals surface area contributed by atoms with Crippen LogP contribution in [0.2, 0.25) is 0 Å². The van der Waals surface area contributed by atoms with E-state index in [1.54, 1.807) is 0 Å². The molecular formula is C12H10I2. The first-order chi connectivity index (χ1) is 6.83. The second kappa shape index (κ2) is 4.79. The Hall–Kier alpha value is 0.160. The maximum Gasteiger partial charge on any atom is 0.0455 e. The van der Waals surface area contributed by atoms with Gasteiger partial charge in [0.25, 0.3) is 0 Å². The topological polar surface area (TPSA) is 0 Å². The lowest BCUT2D eigenvalue weighted by Gasteiger charge is -2.09. The Morgan fingerprint density at radius 2 is 1.71 bits per heavy atom. The highest BCUT2D eigenvalue weighted by Gasteiger charge is 2.08. The summed E-state index contributed by atoms with van der Waals surface area (Å²) in [5.41, 5.74) is 1.46. The van der Waals surface area contributed by atoms with E-state index >= 15 is 0 Å². The Balaban J connectivity index is 2.65. The SMILES string of the molecule is ICC(I)c1cccc2ccccc12. The number of alkyl halides is 2. The second-order valence-corrected chi connectivity index (χ2v) is 5.57. The van der Waals surface area contributed by atoms with Gasteiger partial charge >= 0.3 is 0 Å². The summed E-state index contributed by atoms with van der Waals surface area (Å²) in [5.74, 6) is 0. The van der Waals surface area contributed by atoms with Crippen LogP contribution in [-0.4, -0.2) is 4.43 Å². The van der Waals surface area contributed by atoms with E-state index < -0.39 is 0 Å². The van der Waals surface area contributed by atoms with Crippen LogP contribution in [0.4, 0.5) is 0 Å². The molecule has 0 aliphatic heterocycles. The molecule has 2 aromatic rings. The highest BCUT2D eigenvalue weighted by molar-refractivity contribution is 14.1. The lowest BCUT2D eigenvalue weighted by Crippen LogP contribution is -1.91. The molecule has 1 atom stereocenters. The van der Waals surface area contributed by atoms with Crippen LogP contribution < -0.4 is 0 Å². The molecule has 2 aromatic carbocycles. The third-order valence-corrected chi connectivity index (χ3v) is 5.97. The Morgan fingerprint density at radius 1 is 1.00 bits per heavy atom. The van der Waals surface area contributed by atoms with E-state index in [1.165, 1.54) is 16.3 Å². The molecule has 0 saturated carbocycles. The Kier molecular flexibility index (Phi) is 3.65. The van der Waals surface area contributed by atoms with Gasteiger partial charge in [-0.2, -0.15) is 0 Å². The van der Waals surface area contributed by atoms with Crippen molar-refractivity contribution in [3.05, 3.63) is 48.0 Å². The van der Waals surface area contributed by atoms with Crippen LogP contribution in [0, 0.1) is 0 Å². The fourth-order valence-corrected chi connectivity index (χ4v) is 2.62. The van der Waals surface area contributed by atoms with E-state index in [9.17, 15) is 0 Å². The normalized spacial score (nSPS) is 13.0. The van der Waals surface area contributed by atoms with Crippen LogP contribution in [0.15, 0.2) is 42.5 Å². The molecule has 1 unspecified atom stereocenters. The van der Waals surface area contributed by atoms with Gasteiger partial charge in [0.15, 0.2) is 0 Å². The van der Waals surface area contributed by atoms with Crippen LogP contribution in [0.3, 0.4) is 0 Å². The Bertz CT molecular complexity index is 432. The minimum absolute atomic E-state index is 0.610. The predicted molar refractivity (Wildman–Crippen MR) is 79.6 cm³/mol. The summed E-state index contributed by atoms with van der Waals surface area (Å²) in [6, 6.07) is 15.2. The molecule has 0 N–H and O–H groups in total. The highest BCUT2D eigenvalue weighted by atomic mass is 127. The van der Waals surface area contributed by atoms with E-state index in [-0.39, 0.29) is 0 Å². The van der Waals surface area contributed by atoms with E-state index in [2.05, 4.69) is 87.6 Å². The van der Waals surface area contributed by atoms with Gasteiger partial charge in [0.2, 0.25) is 0 Å². The molecule has 2 rings (SSSR count). The van der Waals surface area contributed by atoms with E-state index in [0.29, 0.717) is 3.92 Å².